The Morgan fingerprint density at radius 3 is 2.94 bits per heavy atom. The molecule has 90 valence electrons. The summed E-state index contributed by atoms with van der Waals surface area (Å²) in [6.45, 7) is 0. The van der Waals surface area contributed by atoms with E-state index in [-0.39, 0.29) is 6.42 Å². The number of carbonyl (C=O) groups excluding carboxylic acids is 1. The van der Waals surface area contributed by atoms with Crippen molar-refractivity contribution in [2.45, 2.75) is 18.9 Å². The molecule has 1 aliphatic rings. The molecule has 5 heteroatoms. The Hall–Kier alpha value is -2.04. The van der Waals surface area contributed by atoms with E-state index >= 15 is 0 Å². The molecule has 17 heavy (non-hydrogen) atoms. The molecule has 0 fully saturated rings. The van der Waals surface area contributed by atoms with Crippen molar-refractivity contribution in [1.82, 2.24) is 0 Å². The smallest absolute Gasteiger partial charge is 0.339 e. The number of carboxylic acids is 1. The van der Waals surface area contributed by atoms with Crippen molar-refractivity contribution in [3.8, 4) is 5.75 Å². The fraction of sp³-hybridized carbons (Fsp3) is 0.333. The normalized spacial score (nSPS) is 17.5. The highest BCUT2D eigenvalue weighted by Gasteiger charge is 2.31. The van der Waals surface area contributed by atoms with Gasteiger partial charge in [-0.05, 0) is 18.6 Å². The lowest BCUT2D eigenvalue weighted by molar-refractivity contribution is -0.137. The fourth-order valence-corrected chi connectivity index (χ4v) is 1.85. The highest BCUT2D eigenvalue weighted by Crippen LogP contribution is 2.35. The second kappa shape index (κ2) is 4.45. The van der Waals surface area contributed by atoms with Gasteiger partial charge in [0.1, 0.15) is 11.9 Å². The Kier molecular flexibility index (Phi) is 2.99. The molecule has 1 aromatic rings. The minimum Gasteiger partial charge on any atom is -0.497 e. The average molecular weight is 236 g/mol. The molecule has 5 nitrogen and oxygen atoms in total. The number of esters is 1. The third-order valence-corrected chi connectivity index (χ3v) is 2.70. The van der Waals surface area contributed by atoms with Gasteiger partial charge < -0.3 is 14.6 Å². The monoisotopic (exact) mass is 236 g/mol. The summed E-state index contributed by atoms with van der Waals surface area (Å²) < 4.78 is 10.1. The van der Waals surface area contributed by atoms with E-state index in [1.165, 1.54) is 7.11 Å². The predicted octanol–water partition coefficient (Wildman–Crippen LogP) is 1.77. The summed E-state index contributed by atoms with van der Waals surface area (Å²) in [5.41, 5.74) is 1.19. The number of cyclic esters (lactones) is 1. The molecule has 0 spiro atoms. The number of methoxy groups -OCH3 is 1. The van der Waals surface area contributed by atoms with Gasteiger partial charge in [0.2, 0.25) is 0 Å². The molecule has 0 aromatic heterocycles. The summed E-state index contributed by atoms with van der Waals surface area (Å²) in [6, 6.07) is 5.08. The summed E-state index contributed by atoms with van der Waals surface area (Å²) >= 11 is 0. The zero-order valence-corrected chi connectivity index (χ0v) is 9.30. The van der Waals surface area contributed by atoms with Crippen LogP contribution in [-0.4, -0.2) is 24.2 Å². The van der Waals surface area contributed by atoms with Crippen molar-refractivity contribution in [3.05, 3.63) is 29.3 Å². The van der Waals surface area contributed by atoms with Gasteiger partial charge >= 0.3 is 11.9 Å². The first-order valence-corrected chi connectivity index (χ1v) is 5.22. The Morgan fingerprint density at radius 1 is 1.53 bits per heavy atom. The van der Waals surface area contributed by atoms with Gasteiger partial charge in [-0.3, -0.25) is 4.79 Å². The third kappa shape index (κ3) is 2.22. The van der Waals surface area contributed by atoms with Crippen LogP contribution in [0.3, 0.4) is 0 Å². The average Bonchev–Trinajstić information content (AvgIpc) is 2.63. The van der Waals surface area contributed by atoms with E-state index in [1.807, 2.05) is 0 Å². The topological polar surface area (TPSA) is 72.8 Å². The summed E-state index contributed by atoms with van der Waals surface area (Å²) in [7, 11) is 1.52. The molecule has 1 atom stereocenters. The minimum absolute atomic E-state index is 0.0244. The van der Waals surface area contributed by atoms with E-state index in [4.69, 9.17) is 14.6 Å². The van der Waals surface area contributed by atoms with Crippen molar-refractivity contribution in [2.75, 3.05) is 7.11 Å². The molecule has 0 amide bonds. The molecule has 0 saturated heterocycles. The number of hydrogen-bond acceptors (Lipinski definition) is 4. The van der Waals surface area contributed by atoms with E-state index in [2.05, 4.69) is 0 Å². The maximum Gasteiger partial charge on any atom is 0.339 e. The zero-order valence-electron chi connectivity index (χ0n) is 9.30. The lowest BCUT2D eigenvalue weighted by atomic mass is 10.0. The zero-order chi connectivity index (χ0) is 12.4. The van der Waals surface area contributed by atoms with Crippen LogP contribution in [0.5, 0.6) is 5.75 Å². The molecular weight excluding hydrogens is 224 g/mol. The number of carboxylic acid groups (broad SMARTS) is 1. The highest BCUT2D eigenvalue weighted by molar-refractivity contribution is 5.94. The van der Waals surface area contributed by atoms with Crippen LogP contribution < -0.4 is 4.74 Å². The number of rotatable bonds is 4. The molecule has 1 aliphatic heterocycles. The van der Waals surface area contributed by atoms with Gasteiger partial charge in [-0.15, -0.1) is 0 Å². The Morgan fingerprint density at radius 2 is 2.29 bits per heavy atom. The Bertz CT molecular complexity index is 466. The van der Waals surface area contributed by atoms with Crippen molar-refractivity contribution >= 4 is 11.9 Å². The van der Waals surface area contributed by atoms with Crippen LogP contribution in [0.1, 0.15) is 34.9 Å². The number of carbonyl (C=O) groups is 2. The third-order valence-electron chi connectivity index (χ3n) is 2.70. The van der Waals surface area contributed by atoms with Gasteiger partial charge in [0.25, 0.3) is 0 Å². The molecule has 0 radical (unpaired) electrons. The highest BCUT2D eigenvalue weighted by atomic mass is 16.5. The van der Waals surface area contributed by atoms with Crippen molar-refractivity contribution in [2.24, 2.45) is 0 Å². The van der Waals surface area contributed by atoms with Crippen LogP contribution in [0, 0.1) is 0 Å². The number of benzene rings is 1. The maximum absolute atomic E-state index is 11.6. The maximum atomic E-state index is 11.6. The number of ether oxygens (including phenoxy) is 2. The van der Waals surface area contributed by atoms with E-state index in [9.17, 15) is 9.59 Å². The lowest BCUT2D eigenvalue weighted by Crippen LogP contribution is -2.02. The second-order valence-corrected chi connectivity index (χ2v) is 3.78. The van der Waals surface area contributed by atoms with E-state index in [0.717, 1.165) is 5.56 Å². The van der Waals surface area contributed by atoms with Crippen molar-refractivity contribution < 1.29 is 24.2 Å². The van der Waals surface area contributed by atoms with Crippen molar-refractivity contribution in [3.63, 3.8) is 0 Å². The van der Waals surface area contributed by atoms with Gasteiger partial charge in [0.05, 0.1) is 12.7 Å². The number of fused-ring (bicyclic) bond motifs is 1. The first-order chi connectivity index (χ1) is 8.11. The van der Waals surface area contributed by atoms with Crippen LogP contribution in [0.4, 0.5) is 0 Å². The van der Waals surface area contributed by atoms with Crippen LogP contribution in [0.2, 0.25) is 0 Å². The number of hydrogen-bond donors (Lipinski definition) is 1. The Balaban J connectivity index is 2.22. The molecule has 1 aromatic carbocycles. The second-order valence-electron chi connectivity index (χ2n) is 3.78. The lowest BCUT2D eigenvalue weighted by Gasteiger charge is -2.08. The molecule has 0 bridgehead atoms. The molecule has 0 aliphatic carbocycles. The fourth-order valence-electron chi connectivity index (χ4n) is 1.85. The summed E-state index contributed by atoms with van der Waals surface area (Å²) in [5, 5.41) is 8.61. The SMILES string of the molecule is COc1ccc2c(c1)C(=O)OC2CCC(=O)O. The van der Waals surface area contributed by atoms with Crippen LogP contribution in [0.15, 0.2) is 18.2 Å². The van der Waals surface area contributed by atoms with Gasteiger partial charge in [-0.25, -0.2) is 4.79 Å². The molecule has 0 saturated carbocycles. The molecule has 1 unspecified atom stereocenters. The van der Waals surface area contributed by atoms with Crippen molar-refractivity contribution in [1.29, 1.82) is 0 Å². The minimum atomic E-state index is -0.900. The predicted molar refractivity (Wildman–Crippen MR) is 58.0 cm³/mol. The quantitative estimate of drug-likeness (QED) is 0.806. The van der Waals surface area contributed by atoms with E-state index in [1.54, 1.807) is 18.2 Å². The molecule has 1 N–H and O–H groups in total. The van der Waals surface area contributed by atoms with Gasteiger partial charge in [0, 0.05) is 12.0 Å². The van der Waals surface area contributed by atoms with E-state index < -0.39 is 18.0 Å². The molecule has 1 heterocycles. The van der Waals surface area contributed by atoms with Gasteiger partial charge in [-0.1, -0.05) is 6.07 Å². The summed E-state index contributed by atoms with van der Waals surface area (Å²) in [6.07, 6.45) is -0.191. The van der Waals surface area contributed by atoms with Gasteiger partial charge in [0.15, 0.2) is 0 Å². The van der Waals surface area contributed by atoms with Crippen LogP contribution >= 0.6 is 0 Å². The van der Waals surface area contributed by atoms with Crippen LogP contribution in [0.25, 0.3) is 0 Å². The largest absolute Gasteiger partial charge is 0.497 e. The van der Waals surface area contributed by atoms with Crippen LogP contribution in [-0.2, 0) is 9.53 Å². The number of aliphatic carboxylic acids is 1. The van der Waals surface area contributed by atoms with E-state index in [0.29, 0.717) is 17.7 Å². The molecular formula is C12H12O5. The first-order valence-electron chi connectivity index (χ1n) is 5.22. The first kappa shape index (κ1) is 11.4. The Labute approximate surface area is 98.0 Å². The summed E-state index contributed by atoms with van der Waals surface area (Å²) in [5.74, 6) is -0.739. The van der Waals surface area contributed by atoms with Gasteiger partial charge in [-0.2, -0.15) is 0 Å². The summed E-state index contributed by atoms with van der Waals surface area (Å²) in [4.78, 5) is 22.1. The molecule has 2 rings (SSSR count). The standard InChI is InChI=1S/C12H12O5/c1-16-7-2-3-8-9(6-7)12(15)17-10(8)4-5-11(13)14/h2-3,6,10H,4-5H2,1H3,(H,13,14).